The van der Waals surface area contributed by atoms with Crippen molar-refractivity contribution in [3.05, 3.63) is 23.8 Å². The Kier molecular flexibility index (Phi) is 3.65. The molecule has 1 N–H and O–H groups in total. The van der Waals surface area contributed by atoms with E-state index >= 15 is 0 Å². The van der Waals surface area contributed by atoms with Crippen LogP contribution in [0.4, 0.5) is 13.2 Å². The van der Waals surface area contributed by atoms with Crippen molar-refractivity contribution in [2.75, 3.05) is 13.3 Å². The first-order valence-corrected chi connectivity index (χ1v) is 5.65. The summed E-state index contributed by atoms with van der Waals surface area (Å²) in [6.45, 7) is 1.90. The molecular formula is C12H14F3NO2. The number of alkyl halides is 3. The molecule has 18 heavy (non-hydrogen) atoms. The summed E-state index contributed by atoms with van der Waals surface area (Å²) in [5.74, 6) is 1.30. The first-order chi connectivity index (χ1) is 8.46. The van der Waals surface area contributed by atoms with E-state index in [1.165, 1.54) is 0 Å². The van der Waals surface area contributed by atoms with Gasteiger partial charge in [-0.2, -0.15) is 13.2 Å². The van der Waals surface area contributed by atoms with Crippen molar-refractivity contribution in [2.45, 2.75) is 25.6 Å². The van der Waals surface area contributed by atoms with E-state index in [1.54, 1.807) is 12.1 Å². The maximum absolute atomic E-state index is 12.0. The predicted molar refractivity (Wildman–Crippen MR) is 59.7 cm³/mol. The first kappa shape index (κ1) is 13.0. The second kappa shape index (κ2) is 5.06. The van der Waals surface area contributed by atoms with E-state index in [4.69, 9.17) is 9.47 Å². The van der Waals surface area contributed by atoms with Crippen molar-refractivity contribution in [3.63, 3.8) is 0 Å². The van der Waals surface area contributed by atoms with E-state index in [0.717, 1.165) is 5.56 Å². The van der Waals surface area contributed by atoms with Crippen LogP contribution in [0.3, 0.4) is 0 Å². The summed E-state index contributed by atoms with van der Waals surface area (Å²) >= 11 is 0. The number of benzene rings is 1. The number of nitrogens with one attached hydrogen (secondary N) is 1. The summed E-state index contributed by atoms with van der Waals surface area (Å²) in [4.78, 5) is 0. The average Bonchev–Trinajstić information content (AvgIpc) is 2.73. The molecule has 3 nitrogen and oxygen atoms in total. The standard InChI is InChI=1S/C12H14F3NO2/c1-8(16-5-4-12(13,14)15)9-2-3-10-11(6-9)18-7-17-10/h2-3,6,8,16H,4-5,7H2,1H3. The van der Waals surface area contributed by atoms with Crippen LogP contribution in [0.5, 0.6) is 11.5 Å². The Bertz CT molecular complexity index is 420. The summed E-state index contributed by atoms with van der Waals surface area (Å²) in [5.41, 5.74) is 0.876. The molecular weight excluding hydrogens is 247 g/mol. The highest BCUT2D eigenvalue weighted by molar-refractivity contribution is 5.45. The third-order valence-electron chi connectivity index (χ3n) is 2.76. The van der Waals surface area contributed by atoms with Crippen LogP contribution >= 0.6 is 0 Å². The highest BCUT2D eigenvalue weighted by atomic mass is 19.4. The topological polar surface area (TPSA) is 30.5 Å². The lowest BCUT2D eigenvalue weighted by atomic mass is 10.1. The van der Waals surface area contributed by atoms with E-state index in [1.807, 2.05) is 13.0 Å². The van der Waals surface area contributed by atoms with Gasteiger partial charge in [-0.05, 0) is 24.6 Å². The molecule has 0 fully saturated rings. The molecule has 0 radical (unpaired) electrons. The maximum Gasteiger partial charge on any atom is 0.390 e. The van der Waals surface area contributed by atoms with Crippen LogP contribution in [0.2, 0.25) is 0 Å². The molecule has 1 aromatic carbocycles. The summed E-state index contributed by atoms with van der Waals surface area (Å²) < 4.78 is 46.4. The molecule has 1 aliphatic rings. The molecule has 0 saturated carbocycles. The van der Waals surface area contributed by atoms with Gasteiger partial charge in [-0.1, -0.05) is 6.07 Å². The zero-order valence-corrected chi connectivity index (χ0v) is 9.88. The summed E-state index contributed by atoms with van der Waals surface area (Å²) in [6, 6.07) is 5.20. The minimum absolute atomic E-state index is 0.0981. The van der Waals surface area contributed by atoms with Gasteiger partial charge in [-0.3, -0.25) is 0 Å². The molecule has 0 aromatic heterocycles. The van der Waals surface area contributed by atoms with Crippen molar-refractivity contribution in [2.24, 2.45) is 0 Å². The molecule has 1 unspecified atom stereocenters. The van der Waals surface area contributed by atoms with E-state index in [0.29, 0.717) is 11.5 Å². The molecule has 1 heterocycles. The lowest BCUT2D eigenvalue weighted by Gasteiger charge is -2.15. The molecule has 1 atom stereocenters. The second-order valence-electron chi connectivity index (χ2n) is 4.15. The zero-order valence-electron chi connectivity index (χ0n) is 9.88. The maximum atomic E-state index is 12.0. The first-order valence-electron chi connectivity index (χ1n) is 5.65. The molecule has 0 amide bonds. The lowest BCUT2D eigenvalue weighted by molar-refractivity contribution is -0.133. The van der Waals surface area contributed by atoms with E-state index in [9.17, 15) is 13.2 Å². The minimum Gasteiger partial charge on any atom is -0.454 e. The molecule has 0 aliphatic carbocycles. The van der Waals surface area contributed by atoms with Crippen LogP contribution in [0.1, 0.15) is 24.9 Å². The average molecular weight is 261 g/mol. The molecule has 1 aromatic rings. The van der Waals surface area contributed by atoms with Gasteiger partial charge in [0.2, 0.25) is 6.79 Å². The van der Waals surface area contributed by atoms with Crippen LogP contribution in [0.25, 0.3) is 0 Å². The smallest absolute Gasteiger partial charge is 0.390 e. The minimum atomic E-state index is -4.12. The Balaban J connectivity index is 1.91. The van der Waals surface area contributed by atoms with E-state index < -0.39 is 12.6 Å². The SMILES string of the molecule is CC(NCCC(F)(F)F)c1ccc2c(c1)OCO2. The van der Waals surface area contributed by atoms with Gasteiger partial charge in [0.25, 0.3) is 0 Å². The highest BCUT2D eigenvalue weighted by Gasteiger charge is 2.26. The molecule has 2 rings (SSSR count). The van der Waals surface area contributed by atoms with Crippen molar-refractivity contribution < 1.29 is 22.6 Å². The quantitative estimate of drug-likeness (QED) is 0.903. The molecule has 0 spiro atoms. The number of hydrogen-bond acceptors (Lipinski definition) is 3. The largest absolute Gasteiger partial charge is 0.454 e. The number of ether oxygens (including phenoxy) is 2. The van der Waals surface area contributed by atoms with Crippen molar-refractivity contribution >= 4 is 0 Å². The summed E-state index contributed by atoms with van der Waals surface area (Å²) in [6.07, 6.45) is -4.95. The molecule has 1 aliphatic heterocycles. The van der Waals surface area contributed by atoms with Crippen molar-refractivity contribution in [3.8, 4) is 11.5 Å². The van der Waals surface area contributed by atoms with Crippen molar-refractivity contribution in [1.82, 2.24) is 5.32 Å². The fourth-order valence-corrected chi connectivity index (χ4v) is 1.73. The van der Waals surface area contributed by atoms with Crippen LogP contribution in [-0.2, 0) is 0 Å². The molecule has 100 valence electrons. The second-order valence-corrected chi connectivity index (χ2v) is 4.15. The Morgan fingerprint density at radius 3 is 2.72 bits per heavy atom. The molecule has 0 saturated heterocycles. The van der Waals surface area contributed by atoms with Gasteiger partial charge < -0.3 is 14.8 Å². The van der Waals surface area contributed by atoms with Gasteiger partial charge in [-0.25, -0.2) is 0 Å². The van der Waals surface area contributed by atoms with Gasteiger partial charge in [0.1, 0.15) is 0 Å². The van der Waals surface area contributed by atoms with Gasteiger partial charge in [-0.15, -0.1) is 0 Å². The van der Waals surface area contributed by atoms with Crippen molar-refractivity contribution in [1.29, 1.82) is 0 Å². The van der Waals surface area contributed by atoms with Crippen LogP contribution in [0, 0.1) is 0 Å². The van der Waals surface area contributed by atoms with E-state index in [2.05, 4.69) is 5.32 Å². The Labute approximate surface area is 103 Å². The van der Waals surface area contributed by atoms with Gasteiger partial charge in [0.15, 0.2) is 11.5 Å². The zero-order chi connectivity index (χ0) is 13.2. The highest BCUT2D eigenvalue weighted by Crippen LogP contribution is 2.34. The van der Waals surface area contributed by atoms with E-state index in [-0.39, 0.29) is 19.4 Å². The van der Waals surface area contributed by atoms with Crippen LogP contribution in [0.15, 0.2) is 18.2 Å². The fraction of sp³-hybridized carbons (Fsp3) is 0.500. The summed E-state index contributed by atoms with van der Waals surface area (Å²) in [5, 5.41) is 2.83. The Morgan fingerprint density at radius 2 is 2.00 bits per heavy atom. The third-order valence-corrected chi connectivity index (χ3v) is 2.76. The van der Waals surface area contributed by atoms with Gasteiger partial charge in [0.05, 0.1) is 6.42 Å². The summed E-state index contributed by atoms with van der Waals surface area (Å²) in [7, 11) is 0. The van der Waals surface area contributed by atoms with Crippen LogP contribution < -0.4 is 14.8 Å². The third kappa shape index (κ3) is 3.29. The number of halogens is 3. The normalized spacial score (nSPS) is 15.8. The molecule has 0 bridgehead atoms. The predicted octanol–water partition coefficient (Wildman–Crippen LogP) is 3.02. The van der Waals surface area contributed by atoms with Crippen LogP contribution in [-0.4, -0.2) is 19.5 Å². The Morgan fingerprint density at radius 1 is 1.28 bits per heavy atom. The number of hydrogen-bond donors (Lipinski definition) is 1. The fourth-order valence-electron chi connectivity index (χ4n) is 1.73. The van der Waals surface area contributed by atoms with Gasteiger partial charge >= 0.3 is 6.18 Å². The number of fused-ring (bicyclic) bond motifs is 1. The van der Waals surface area contributed by atoms with Gasteiger partial charge in [0, 0.05) is 12.6 Å². The number of rotatable bonds is 4. The monoisotopic (exact) mass is 261 g/mol. The Hall–Kier alpha value is -1.43. The lowest BCUT2D eigenvalue weighted by Crippen LogP contribution is -2.24. The molecule has 6 heteroatoms.